The number of rotatable bonds is 29. The third-order valence-electron chi connectivity index (χ3n) is 10.5. The third kappa shape index (κ3) is 26.4. The molecule has 0 spiro atoms. The van der Waals surface area contributed by atoms with Gasteiger partial charge in [-0.15, -0.1) is 0 Å². The summed E-state index contributed by atoms with van der Waals surface area (Å²) in [5, 5.41) is 7.32. The summed E-state index contributed by atoms with van der Waals surface area (Å²) in [6, 6.07) is 2.18. The van der Waals surface area contributed by atoms with Crippen molar-refractivity contribution in [3.05, 3.63) is 22.8 Å². The summed E-state index contributed by atoms with van der Waals surface area (Å²) >= 11 is 0. The minimum absolute atomic E-state index is 0.151. The minimum atomic E-state index is -1.33. The van der Waals surface area contributed by atoms with Crippen molar-refractivity contribution in [1.29, 1.82) is 1.43 Å². The van der Waals surface area contributed by atoms with Crippen LogP contribution >= 0.6 is 38.6 Å². The lowest BCUT2D eigenvalue weighted by Crippen LogP contribution is -2.44. The molecule has 2 rings (SSSR count). The summed E-state index contributed by atoms with van der Waals surface area (Å²) in [5.74, 6) is 1.60. The first kappa shape index (κ1) is 58.3. The van der Waals surface area contributed by atoms with Crippen LogP contribution in [0.5, 0.6) is 0 Å². The Kier molecular flexibility index (Phi) is 33.6. The van der Waals surface area contributed by atoms with Crippen LogP contribution in [-0.4, -0.2) is 144 Å². The average molecular weight is 968 g/mol. The molecule has 0 aromatic rings. The van der Waals surface area contributed by atoms with Crippen LogP contribution in [0.25, 0.3) is 9.69 Å². The quantitative estimate of drug-likeness (QED) is 0.0323. The molecule has 2 amide bonds. The third-order valence-corrected chi connectivity index (χ3v) is 18.6. The maximum absolute atomic E-state index is 12.9. The second kappa shape index (κ2) is 36.3. The number of likely N-dealkylation sites (tertiary alicyclic amines) is 1. The zero-order chi connectivity index (χ0) is 49.4. The largest absolute Gasteiger partial charge is 0.400 e. The molecule has 2 saturated heterocycles. The molecular weight excluding hydrogens is 873 g/mol. The molecule has 0 aromatic heterocycles. The number of hydrogen-bond acceptors (Lipinski definition) is 11. The Morgan fingerprint density at radius 3 is 1.81 bits per heavy atom. The van der Waals surface area contributed by atoms with Gasteiger partial charge in [0.15, 0.2) is 8.45 Å². The smallest absolute Gasteiger partial charge is 0.259 e. The highest BCUT2D eigenvalue weighted by atomic mass is 33.1. The van der Waals surface area contributed by atoms with Gasteiger partial charge in [-0.3, -0.25) is 9.59 Å². The number of nitrogens with one attached hydrogen (secondary N) is 1. The second-order valence-electron chi connectivity index (χ2n) is 18.0. The van der Waals surface area contributed by atoms with Crippen molar-refractivity contribution >= 4 is 50.4 Å². The van der Waals surface area contributed by atoms with Crippen LogP contribution in [0.4, 0.5) is 0 Å². The zero-order valence-electron chi connectivity index (χ0n) is 43.7. The molecule has 13 nitrogen and oxygen atoms in total. The zero-order valence-corrected chi connectivity index (χ0v) is 45.2. The molecule has 0 saturated carbocycles. The summed E-state index contributed by atoms with van der Waals surface area (Å²) < 4.78 is 39.7. The van der Waals surface area contributed by atoms with Crippen molar-refractivity contribution in [2.45, 2.75) is 202 Å². The fourth-order valence-corrected chi connectivity index (χ4v) is 14.6. The highest BCUT2D eigenvalue weighted by Gasteiger charge is 2.36. The average Bonchev–Trinajstić information content (AvgIpc) is 3.76. The van der Waals surface area contributed by atoms with Gasteiger partial charge in [-0.25, -0.2) is 27.2 Å². The number of unbranched alkanes of at least 4 members (excludes halogenated alkanes) is 3. The van der Waals surface area contributed by atoms with Crippen LogP contribution in [0.3, 0.4) is 0 Å². The molecule has 0 bridgehead atoms. The number of hydrogen-bond donors (Lipinski definition) is 2. The number of piperidine rings is 1. The molecule has 0 aromatic carbocycles. The first-order chi connectivity index (χ1) is 30.9. The Morgan fingerprint density at radius 1 is 0.810 bits per heavy atom. The van der Waals surface area contributed by atoms with Crippen molar-refractivity contribution < 1.29 is 29.6 Å². The molecule has 17 heteroatoms. The number of amides is 2. The SMILES string of the molecule is [3H]CC1(COP(OCC[N+]#[C-])N(C(C)C)C(C)C)CCN(C(=O)CCCCCNC(=O)CCCC[C@@H]2CCSS2)CC1.[3H]OC.[C-]#[N+]CCOP(N(C(C)C)C(C)C)N(C(C)C)C(C)C. The summed E-state index contributed by atoms with van der Waals surface area (Å²) in [7, 11) is 3.11. The molecule has 2 aliphatic rings. The summed E-state index contributed by atoms with van der Waals surface area (Å²) in [4.78, 5) is 33.7. The van der Waals surface area contributed by atoms with E-state index in [-0.39, 0.29) is 36.2 Å². The van der Waals surface area contributed by atoms with E-state index in [0.717, 1.165) is 50.2 Å². The predicted molar refractivity (Wildman–Crippen MR) is 271 cm³/mol. The first-order valence-corrected chi connectivity index (χ1v) is 28.2. The van der Waals surface area contributed by atoms with Crippen LogP contribution in [0.15, 0.2) is 0 Å². The van der Waals surface area contributed by atoms with Crippen molar-refractivity contribution in [3.63, 3.8) is 0 Å². The van der Waals surface area contributed by atoms with E-state index in [2.05, 4.69) is 117 Å². The molecule has 2 fully saturated rings. The van der Waals surface area contributed by atoms with E-state index < -0.39 is 17.0 Å². The number of aliphatic hydroxyl groups is 1. The van der Waals surface area contributed by atoms with Gasteiger partial charge in [0.25, 0.3) is 8.53 Å². The first-order valence-electron chi connectivity index (χ1n) is 24.6. The second-order valence-corrected chi connectivity index (χ2v) is 23.9. The molecule has 63 heavy (non-hydrogen) atoms. The summed E-state index contributed by atoms with van der Waals surface area (Å²) in [6.07, 6.45) is 9.96. The van der Waals surface area contributed by atoms with E-state index in [1.54, 1.807) is 0 Å². The van der Waals surface area contributed by atoms with E-state index in [1.165, 1.54) is 25.7 Å². The van der Waals surface area contributed by atoms with Crippen molar-refractivity contribution in [2.75, 3.05) is 65.4 Å². The van der Waals surface area contributed by atoms with Gasteiger partial charge in [0.1, 0.15) is 13.2 Å². The minimum Gasteiger partial charge on any atom is -0.400 e. The maximum atomic E-state index is 12.9. The topological polar surface area (TPSA) is 116 Å². The Morgan fingerprint density at radius 2 is 1.33 bits per heavy atom. The van der Waals surface area contributed by atoms with Crippen LogP contribution in [-0.2, 0) is 23.2 Å². The van der Waals surface area contributed by atoms with Crippen LogP contribution in [0, 0.1) is 18.6 Å². The lowest BCUT2D eigenvalue weighted by atomic mass is 9.81. The number of carbonyl (C=O) groups is 2. The summed E-state index contributed by atoms with van der Waals surface area (Å²) in [5.41, 5.74) is -0.285. The van der Waals surface area contributed by atoms with Gasteiger partial charge in [-0.2, -0.15) is 0 Å². The molecule has 0 radical (unpaired) electrons. The Balaban J connectivity index is 0.00000149. The fourth-order valence-electron chi connectivity index (χ4n) is 7.55. The fraction of sp³-hybridized carbons (Fsp3) is 0.913. The highest BCUT2D eigenvalue weighted by Crippen LogP contribution is 2.51. The maximum Gasteiger partial charge on any atom is 0.259 e. The lowest BCUT2D eigenvalue weighted by molar-refractivity contribution is -0.134. The van der Waals surface area contributed by atoms with E-state index in [9.17, 15) is 9.59 Å². The molecule has 2 aliphatic heterocycles. The lowest BCUT2D eigenvalue weighted by Gasteiger charge is -2.45. The summed E-state index contributed by atoms with van der Waals surface area (Å²) in [6.45, 7) is 44.5. The Bertz CT molecular complexity index is 1280. The van der Waals surface area contributed by atoms with E-state index >= 15 is 0 Å². The molecule has 2 N–H and O–H groups in total. The van der Waals surface area contributed by atoms with Gasteiger partial charge in [-0.1, -0.05) is 41.3 Å². The molecule has 2 heterocycles. The number of nitrogens with zero attached hydrogens (tertiary/aromatic N) is 6. The molecular formula is C46H91N7O6P2S2. The standard InChI is InChI=1S/C30H55N4O4PS2.C15H32N3OP.CH4O/c1-25(2)34(26(3)4)39(37-22-19-31-6)38-24-30(5)16-20-33(21-17-30)29(36)14-8-7-11-18-32-28(35)13-10-9-12-27-15-23-40-41-27;1-12(2)17(13(3)4)20(19-11-10-16-9)18(14(5)6)15(7)8;1-2/h25-27H,7-24H2,1-5H3,(H,32,35);12-15H,10-11H2,1-8H3;2H,1H3/t27-,39?;;/m1../s1/i5T;;2T. The van der Waals surface area contributed by atoms with Crippen molar-refractivity contribution in [2.24, 2.45) is 5.41 Å². The van der Waals surface area contributed by atoms with Gasteiger partial charge >= 0.3 is 0 Å². The molecule has 2 atom stereocenters. The highest BCUT2D eigenvalue weighted by molar-refractivity contribution is 8.77. The van der Waals surface area contributed by atoms with E-state index in [1.807, 2.05) is 26.5 Å². The van der Waals surface area contributed by atoms with Gasteiger partial charge in [0, 0.05) is 88.2 Å². The van der Waals surface area contributed by atoms with Crippen LogP contribution < -0.4 is 5.32 Å². The normalized spacial score (nSPS) is 17.3. The van der Waals surface area contributed by atoms with E-state index in [4.69, 9.17) is 29.5 Å². The van der Waals surface area contributed by atoms with Crippen molar-refractivity contribution in [1.82, 2.24) is 24.2 Å². The monoisotopic (exact) mass is 968 g/mol. The number of carbonyl (C=O) groups excluding carboxylic acids is 2. The molecule has 368 valence electrons. The van der Waals surface area contributed by atoms with E-state index in [0.29, 0.717) is 89.6 Å². The van der Waals surface area contributed by atoms with Crippen LogP contribution in [0.1, 0.15) is 162 Å². The van der Waals surface area contributed by atoms with Crippen molar-refractivity contribution in [3.8, 4) is 0 Å². The molecule has 1 unspecified atom stereocenters. The predicted octanol–water partition coefficient (Wildman–Crippen LogP) is 11.3. The van der Waals surface area contributed by atoms with Gasteiger partial charge < -0.3 is 38.6 Å². The Hall–Kier alpha value is -0.800. The molecule has 0 aliphatic carbocycles. The van der Waals surface area contributed by atoms with Gasteiger partial charge in [0.2, 0.25) is 26.3 Å². The Labute approximate surface area is 399 Å². The number of aliphatic hydroxyl groups excluding tert-OH is 1. The van der Waals surface area contributed by atoms with Crippen LogP contribution in [0.2, 0.25) is 0 Å². The van der Waals surface area contributed by atoms with Gasteiger partial charge in [0.05, 0.1) is 6.61 Å². The van der Waals surface area contributed by atoms with Gasteiger partial charge in [-0.05, 0) is 133 Å².